The van der Waals surface area contributed by atoms with Crippen LogP contribution in [0.5, 0.6) is 0 Å². The largest absolute Gasteiger partial charge is 0.370 e. The van der Waals surface area contributed by atoms with Crippen LogP contribution in [0.1, 0.15) is 19.8 Å². The minimum atomic E-state index is 0.649. The van der Waals surface area contributed by atoms with Crippen LogP contribution in [0.3, 0.4) is 0 Å². The number of thioether (sulfide) groups is 1. The maximum Gasteiger partial charge on any atom is 0.130 e. The SMILES string of the molecule is CSc1cc(NCC(C)CN2CCCC2)ncn1. The summed E-state index contributed by atoms with van der Waals surface area (Å²) >= 11 is 1.64. The van der Waals surface area contributed by atoms with Gasteiger partial charge in [-0.05, 0) is 38.1 Å². The van der Waals surface area contributed by atoms with Crippen LogP contribution in [0.25, 0.3) is 0 Å². The second-order valence-corrected chi connectivity index (χ2v) is 5.77. The first-order valence-electron chi connectivity index (χ1n) is 6.60. The van der Waals surface area contributed by atoms with E-state index < -0.39 is 0 Å². The minimum Gasteiger partial charge on any atom is -0.370 e. The molecule has 1 aromatic heterocycles. The highest BCUT2D eigenvalue weighted by Crippen LogP contribution is 2.14. The molecule has 0 aromatic carbocycles. The van der Waals surface area contributed by atoms with Crippen LogP contribution >= 0.6 is 11.8 Å². The van der Waals surface area contributed by atoms with Gasteiger partial charge in [0.05, 0.1) is 0 Å². The van der Waals surface area contributed by atoms with Crippen molar-refractivity contribution in [1.29, 1.82) is 0 Å². The summed E-state index contributed by atoms with van der Waals surface area (Å²) < 4.78 is 0. The van der Waals surface area contributed by atoms with Crippen molar-refractivity contribution in [2.24, 2.45) is 5.92 Å². The molecule has 0 radical (unpaired) electrons. The van der Waals surface area contributed by atoms with Crippen molar-refractivity contribution in [3.05, 3.63) is 12.4 Å². The first kappa shape index (κ1) is 13.6. The summed E-state index contributed by atoms with van der Waals surface area (Å²) in [5.74, 6) is 1.58. The van der Waals surface area contributed by atoms with Crippen molar-refractivity contribution in [1.82, 2.24) is 14.9 Å². The Morgan fingerprint density at radius 3 is 2.89 bits per heavy atom. The van der Waals surface area contributed by atoms with Crippen molar-refractivity contribution in [2.75, 3.05) is 37.8 Å². The fraction of sp³-hybridized carbons (Fsp3) is 0.692. The molecular weight excluding hydrogens is 244 g/mol. The van der Waals surface area contributed by atoms with E-state index in [4.69, 9.17) is 0 Å². The first-order chi connectivity index (χ1) is 8.78. The van der Waals surface area contributed by atoms with E-state index in [0.717, 1.165) is 17.4 Å². The second kappa shape index (κ2) is 6.95. The van der Waals surface area contributed by atoms with E-state index in [9.17, 15) is 0 Å². The van der Waals surface area contributed by atoms with E-state index in [1.54, 1.807) is 18.1 Å². The lowest BCUT2D eigenvalue weighted by Crippen LogP contribution is -2.29. The maximum absolute atomic E-state index is 4.24. The summed E-state index contributed by atoms with van der Waals surface area (Å²) in [6.45, 7) is 7.00. The number of hydrogen-bond donors (Lipinski definition) is 1. The van der Waals surface area contributed by atoms with Crippen LogP contribution in [-0.2, 0) is 0 Å². The zero-order valence-corrected chi connectivity index (χ0v) is 12.0. The van der Waals surface area contributed by atoms with Crippen molar-refractivity contribution in [3.63, 3.8) is 0 Å². The molecule has 0 spiro atoms. The molecule has 2 rings (SSSR count). The van der Waals surface area contributed by atoms with Gasteiger partial charge in [-0.2, -0.15) is 0 Å². The Hall–Kier alpha value is -0.810. The highest BCUT2D eigenvalue weighted by atomic mass is 32.2. The molecule has 100 valence electrons. The van der Waals surface area contributed by atoms with Gasteiger partial charge in [-0.25, -0.2) is 9.97 Å². The molecule has 1 saturated heterocycles. The number of hydrogen-bond acceptors (Lipinski definition) is 5. The smallest absolute Gasteiger partial charge is 0.130 e. The standard InChI is InChI=1S/C13H22N4S/c1-11(9-17-5-3-4-6-17)8-14-12-7-13(18-2)16-10-15-12/h7,10-11H,3-6,8-9H2,1-2H3,(H,14,15,16). The summed E-state index contributed by atoms with van der Waals surface area (Å²) in [5, 5.41) is 4.42. The first-order valence-corrected chi connectivity index (χ1v) is 7.82. The van der Waals surface area contributed by atoms with Crippen LogP contribution in [0.2, 0.25) is 0 Å². The summed E-state index contributed by atoms with van der Waals surface area (Å²) in [7, 11) is 0. The quantitative estimate of drug-likeness (QED) is 0.632. The summed E-state index contributed by atoms with van der Waals surface area (Å²) in [6, 6.07) is 2.01. The lowest BCUT2D eigenvalue weighted by molar-refractivity contribution is 0.294. The van der Waals surface area contributed by atoms with Crippen LogP contribution < -0.4 is 5.32 Å². The van der Waals surface area contributed by atoms with E-state index >= 15 is 0 Å². The van der Waals surface area contributed by atoms with Gasteiger partial charge in [0.15, 0.2) is 0 Å². The molecule has 1 aromatic rings. The second-order valence-electron chi connectivity index (χ2n) is 4.94. The van der Waals surface area contributed by atoms with E-state index in [-0.39, 0.29) is 0 Å². The molecule has 1 aliphatic heterocycles. The molecule has 1 unspecified atom stereocenters. The number of nitrogens with one attached hydrogen (secondary N) is 1. The van der Waals surface area contributed by atoms with Gasteiger partial charge in [0, 0.05) is 19.2 Å². The van der Waals surface area contributed by atoms with Gasteiger partial charge in [-0.3, -0.25) is 0 Å². The molecule has 1 atom stereocenters. The molecule has 0 amide bonds. The number of rotatable bonds is 6. The monoisotopic (exact) mass is 266 g/mol. The lowest BCUT2D eigenvalue weighted by atomic mass is 10.1. The van der Waals surface area contributed by atoms with Gasteiger partial charge in [-0.1, -0.05) is 6.92 Å². The average molecular weight is 266 g/mol. The van der Waals surface area contributed by atoms with Gasteiger partial charge >= 0.3 is 0 Å². The number of anilines is 1. The molecule has 18 heavy (non-hydrogen) atoms. The third-order valence-corrected chi connectivity index (χ3v) is 3.89. The lowest BCUT2D eigenvalue weighted by Gasteiger charge is -2.20. The number of likely N-dealkylation sites (tertiary alicyclic amines) is 1. The van der Waals surface area contributed by atoms with Crippen LogP contribution in [-0.4, -0.2) is 47.3 Å². The Labute approximate surface area is 114 Å². The van der Waals surface area contributed by atoms with Gasteiger partial charge in [0.2, 0.25) is 0 Å². The summed E-state index contributed by atoms with van der Waals surface area (Å²) in [5.41, 5.74) is 0. The molecule has 1 aliphatic rings. The topological polar surface area (TPSA) is 41.0 Å². The van der Waals surface area contributed by atoms with E-state index in [2.05, 4.69) is 27.1 Å². The highest BCUT2D eigenvalue weighted by molar-refractivity contribution is 7.98. The fourth-order valence-corrected chi connectivity index (χ4v) is 2.68. The summed E-state index contributed by atoms with van der Waals surface area (Å²) in [6.07, 6.45) is 6.38. The highest BCUT2D eigenvalue weighted by Gasteiger charge is 2.14. The minimum absolute atomic E-state index is 0.649. The number of nitrogens with zero attached hydrogens (tertiary/aromatic N) is 3. The molecule has 4 nitrogen and oxygen atoms in total. The third kappa shape index (κ3) is 4.14. The molecular formula is C13H22N4S. The molecule has 0 bridgehead atoms. The number of aromatic nitrogens is 2. The van der Waals surface area contributed by atoms with Gasteiger partial charge in [-0.15, -0.1) is 11.8 Å². The predicted octanol–water partition coefficient (Wildman–Crippen LogP) is 2.34. The Bertz CT molecular complexity index is 366. The molecule has 0 aliphatic carbocycles. The van der Waals surface area contributed by atoms with Crippen molar-refractivity contribution in [2.45, 2.75) is 24.8 Å². The molecule has 5 heteroatoms. The Morgan fingerprint density at radius 1 is 1.39 bits per heavy atom. The Morgan fingerprint density at radius 2 is 2.17 bits per heavy atom. The summed E-state index contributed by atoms with van der Waals surface area (Å²) in [4.78, 5) is 11.0. The van der Waals surface area contributed by atoms with Crippen LogP contribution in [0.4, 0.5) is 5.82 Å². The third-order valence-electron chi connectivity index (χ3n) is 3.25. The molecule has 1 N–H and O–H groups in total. The Balaban J connectivity index is 1.75. The van der Waals surface area contributed by atoms with E-state index in [1.807, 2.05) is 12.3 Å². The Kier molecular flexibility index (Phi) is 5.26. The zero-order chi connectivity index (χ0) is 12.8. The van der Waals surface area contributed by atoms with Crippen LogP contribution in [0.15, 0.2) is 17.4 Å². The molecule has 1 fully saturated rings. The van der Waals surface area contributed by atoms with Crippen LogP contribution in [0, 0.1) is 5.92 Å². The maximum atomic E-state index is 4.24. The zero-order valence-electron chi connectivity index (χ0n) is 11.2. The molecule has 2 heterocycles. The van der Waals surface area contributed by atoms with E-state index in [1.165, 1.54) is 32.5 Å². The fourth-order valence-electron chi connectivity index (χ4n) is 2.30. The van der Waals surface area contributed by atoms with Gasteiger partial charge < -0.3 is 10.2 Å². The molecule has 0 saturated carbocycles. The van der Waals surface area contributed by atoms with Gasteiger partial charge in [0.1, 0.15) is 17.2 Å². The average Bonchev–Trinajstić information content (AvgIpc) is 2.89. The van der Waals surface area contributed by atoms with Crippen molar-refractivity contribution >= 4 is 17.6 Å². The predicted molar refractivity (Wildman–Crippen MR) is 77.1 cm³/mol. The van der Waals surface area contributed by atoms with E-state index in [0.29, 0.717) is 5.92 Å². The normalized spacial score (nSPS) is 17.9. The van der Waals surface area contributed by atoms with Crippen molar-refractivity contribution in [3.8, 4) is 0 Å². The van der Waals surface area contributed by atoms with Gasteiger partial charge in [0.25, 0.3) is 0 Å². The van der Waals surface area contributed by atoms with Crippen molar-refractivity contribution < 1.29 is 0 Å².